The quantitative estimate of drug-likeness (QED) is 0.847. The van der Waals surface area contributed by atoms with E-state index in [9.17, 15) is 9.59 Å². The Hall–Kier alpha value is -2.62. The number of hydrogen-bond donors (Lipinski definition) is 2. The third-order valence-corrected chi connectivity index (χ3v) is 3.22. The standard InChI is InChI=1S/C18H18NO3/c1-2-3-7-13-8-6-9-14(12-13)19-17(20)15-10-4-5-11-16(15)18(21)22/h4-12H,2-3H2,1H3,(H,19,20)(H,21,22). The van der Waals surface area contributed by atoms with Crippen LogP contribution in [0.4, 0.5) is 5.69 Å². The van der Waals surface area contributed by atoms with Crippen molar-refractivity contribution in [2.75, 3.05) is 5.32 Å². The summed E-state index contributed by atoms with van der Waals surface area (Å²) < 4.78 is 0. The van der Waals surface area contributed by atoms with Gasteiger partial charge in [0.15, 0.2) is 0 Å². The number of unbranched alkanes of at least 4 members (excludes halogenated alkanes) is 1. The van der Waals surface area contributed by atoms with Crippen molar-refractivity contribution < 1.29 is 14.7 Å². The van der Waals surface area contributed by atoms with Gasteiger partial charge in [-0.1, -0.05) is 37.6 Å². The van der Waals surface area contributed by atoms with Crippen LogP contribution in [0.25, 0.3) is 0 Å². The Morgan fingerprint density at radius 2 is 1.82 bits per heavy atom. The maximum atomic E-state index is 12.3. The number of carboxylic acids is 1. The Labute approximate surface area is 129 Å². The van der Waals surface area contributed by atoms with E-state index in [4.69, 9.17) is 5.11 Å². The molecule has 0 heterocycles. The van der Waals surface area contributed by atoms with Gasteiger partial charge in [0.05, 0.1) is 11.1 Å². The maximum Gasteiger partial charge on any atom is 0.336 e. The van der Waals surface area contributed by atoms with E-state index in [-0.39, 0.29) is 11.1 Å². The van der Waals surface area contributed by atoms with Crippen LogP contribution in [-0.2, 0) is 0 Å². The molecule has 0 saturated heterocycles. The van der Waals surface area contributed by atoms with Crippen molar-refractivity contribution in [2.24, 2.45) is 0 Å². The maximum absolute atomic E-state index is 12.3. The largest absolute Gasteiger partial charge is 0.478 e. The number of benzene rings is 2. The first-order chi connectivity index (χ1) is 10.6. The average Bonchev–Trinajstić information content (AvgIpc) is 2.53. The monoisotopic (exact) mass is 296 g/mol. The van der Waals surface area contributed by atoms with E-state index in [2.05, 4.69) is 18.7 Å². The Morgan fingerprint density at radius 1 is 1.09 bits per heavy atom. The highest BCUT2D eigenvalue weighted by Crippen LogP contribution is 2.16. The second kappa shape index (κ2) is 7.41. The topological polar surface area (TPSA) is 66.4 Å². The number of carbonyl (C=O) groups is 2. The van der Waals surface area contributed by atoms with E-state index in [1.165, 1.54) is 12.1 Å². The highest BCUT2D eigenvalue weighted by atomic mass is 16.4. The number of anilines is 1. The minimum Gasteiger partial charge on any atom is -0.478 e. The van der Waals surface area contributed by atoms with Gasteiger partial charge in [-0.3, -0.25) is 4.79 Å². The zero-order valence-electron chi connectivity index (χ0n) is 12.4. The van der Waals surface area contributed by atoms with E-state index in [0.29, 0.717) is 5.69 Å². The van der Waals surface area contributed by atoms with E-state index in [0.717, 1.165) is 18.4 Å². The van der Waals surface area contributed by atoms with Crippen molar-refractivity contribution >= 4 is 17.6 Å². The minimum atomic E-state index is -1.12. The fourth-order valence-corrected chi connectivity index (χ4v) is 2.12. The van der Waals surface area contributed by atoms with Crippen molar-refractivity contribution in [1.82, 2.24) is 0 Å². The molecular weight excluding hydrogens is 278 g/mol. The van der Waals surface area contributed by atoms with Crippen molar-refractivity contribution in [3.05, 3.63) is 71.6 Å². The molecule has 0 spiro atoms. The second-order valence-corrected chi connectivity index (χ2v) is 4.92. The number of amides is 1. The SMILES string of the molecule is CCC[CH]c1cccc(NC(=O)c2ccccc2C(=O)O)c1. The fourth-order valence-electron chi connectivity index (χ4n) is 2.12. The van der Waals surface area contributed by atoms with Crippen LogP contribution in [0.2, 0.25) is 0 Å². The van der Waals surface area contributed by atoms with Crippen molar-refractivity contribution in [3.8, 4) is 0 Å². The van der Waals surface area contributed by atoms with Crippen molar-refractivity contribution in [2.45, 2.75) is 19.8 Å². The third-order valence-electron chi connectivity index (χ3n) is 3.22. The van der Waals surface area contributed by atoms with Crippen LogP contribution in [0.3, 0.4) is 0 Å². The molecule has 1 amide bonds. The Morgan fingerprint density at radius 3 is 2.50 bits per heavy atom. The fraction of sp³-hybridized carbons (Fsp3) is 0.167. The van der Waals surface area contributed by atoms with Gasteiger partial charge in [0, 0.05) is 5.69 Å². The predicted molar refractivity (Wildman–Crippen MR) is 86.1 cm³/mol. The smallest absolute Gasteiger partial charge is 0.336 e. The van der Waals surface area contributed by atoms with Gasteiger partial charge in [-0.15, -0.1) is 0 Å². The molecule has 113 valence electrons. The number of hydrogen-bond acceptors (Lipinski definition) is 2. The molecule has 0 unspecified atom stereocenters. The molecule has 1 radical (unpaired) electrons. The normalized spacial score (nSPS) is 10.2. The summed E-state index contributed by atoms with van der Waals surface area (Å²) in [6, 6.07) is 13.7. The highest BCUT2D eigenvalue weighted by molar-refractivity contribution is 6.10. The second-order valence-electron chi connectivity index (χ2n) is 4.92. The molecule has 0 atom stereocenters. The van der Waals surface area contributed by atoms with Gasteiger partial charge in [0.25, 0.3) is 5.91 Å². The summed E-state index contributed by atoms with van der Waals surface area (Å²) in [6.07, 6.45) is 4.13. The number of rotatable bonds is 6. The van der Waals surface area contributed by atoms with Crippen LogP contribution >= 0.6 is 0 Å². The summed E-state index contributed by atoms with van der Waals surface area (Å²) in [5.74, 6) is -1.54. The molecular formula is C18H18NO3. The first-order valence-corrected chi connectivity index (χ1v) is 7.18. The van der Waals surface area contributed by atoms with Gasteiger partial charge in [0.1, 0.15) is 0 Å². The molecule has 0 saturated carbocycles. The van der Waals surface area contributed by atoms with E-state index in [1.54, 1.807) is 18.2 Å². The molecule has 0 aliphatic heterocycles. The van der Waals surface area contributed by atoms with Crippen LogP contribution in [0, 0.1) is 6.42 Å². The summed E-state index contributed by atoms with van der Waals surface area (Å²) >= 11 is 0. The molecule has 2 rings (SSSR count). The first kappa shape index (κ1) is 15.8. The first-order valence-electron chi connectivity index (χ1n) is 7.18. The number of nitrogens with one attached hydrogen (secondary N) is 1. The third kappa shape index (κ3) is 3.95. The lowest BCUT2D eigenvalue weighted by Crippen LogP contribution is -2.16. The Kier molecular flexibility index (Phi) is 5.31. The molecule has 0 aliphatic rings. The van der Waals surface area contributed by atoms with Gasteiger partial charge in [-0.2, -0.15) is 0 Å². The van der Waals surface area contributed by atoms with Crippen molar-refractivity contribution in [1.29, 1.82) is 0 Å². The zero-order chi connectivity index (χ0) is 15.9. The summed E-state index contributed by atoms with van der Waals surface area (Å²) in [7, 11) is 0. The lowest BCUT2D eigenvalue weighted by molar-refractivity contribution is 0.0692. The van der Waals surface area contributed by atoms with Crippen LogP contribution in [0.15, 0.2) is 48.5 Å². The predicted octanol–water partition coefficient (Wildman–Crippen LogP) is 3.99. The van der Waals surface area contributed by atoms with Crippen LogP contribution in [0.1, 0.15) is 46.0 Å². The summed E-state index contributed by atoms with van der Waals surface area (Å²) in [5.41, 5.74) is 1.83. The minimum absolute atomic E-state index is 0.00583. The summed E-state index contributed by atoms with van der Waals surface area (Å²) in [4.78, 5) is 23.4. The van der Waals surface area contributed by atoms with Gasteiger partial charge in [-0.05, 0) is 42.7 Å². The highest BCUT2D eigenvalue weighted by Gasteiger charge is 2.15. The molecule has 4 heteroatoms. The number of aromatic carboxylic acids is 1. The number of carboxylic acid groups (broad SMARTS) is 1. The molecule has 2 aromatic rings. The van der Waals surface area contributed by atoms with Gasteiger partial charge >= 0.3 is 5.97 Å². The molecule has 4 nitrogen and oxygen atoms in total. The average molecular weight is 296 g/mol. The Balaban J connectivity index is 2.17. The number of carbonyl (C=O) groups excluding carboxylic acids is 1. The van der Waals surface area contributed by atoms with Crippen LogP contribution in [-0.4, -0.2) is 17.0 Å². The van der Waals surface area contributed by atoms with E-state index >= 15 is 0 Å². The lowest BCUT2D eigenvalue weighted by atomic mass is 10.1. The van der Waals surface area contributed by atoms with Crippen molar-refractivity contribution in [3.63, 3.8) is 0 Å². The lowest BCUT2D eigenvalue weighted by Gasteiger charge is -2.09. The molecule has 0 bridgehead atoms. The Bertz CT molecular complexity index is 680. The zero-order valence-corrected chi connectivity index (χ0v) is 12.4. The van der Waals surface area contributed by atoms with Gasteiger partial charge in [0.2, 0.25) is 0 Å². The van der Waals surface area contributed by atoms with E-state index < -0.39 is 11.9 Å². The van der Waals surface area contributed by atoms with Crippen LogP contribution < -0.4 is 5.32 Å². The van der Waals surface area contributed by atoms with Crippen LogP contribution in [0.5, 0.6) is 0 Å². The molecule has 2 N–H and O–H groups in total. The van der Waals surface area contributed by atoms with Gasteiger partial charge < -0.3 is 10.4 Å². The molecule has 22 heavy (non-hydrogen) atoms. The van der Waals surface area contributed by atoms with Gasteiger partial charge in [-0.25, -0.2) is 4.79 Å². The molecule has 0 aromatic heterocycles. The molecule has 0 aliphatic carbocycles. The molecule has 2 aromatic carbocycles. The van der Waals surface area contributed by atoms with E-state index in [1.807, 2.05) is 18.2 Å². The summed E-state index contributed by atoms with van der Waals surface area (Å²) in [6.45, 7) is 2.10. The summed E-state index contributed by atoms with van der Waals surface area (Å²) in [5, 5.41) is 11.9. The molecule has 0 fully saturated rings.